The zero-order valence-electron chi connectivity index (χ0n) is 14.8. The van der Waals surface area contributed by atoms with Gasteiger partial charge < -0.3 is 5.32 Å². The lowest BCUT2D eigenvalue weighted by Crippen LogP contribution is -2.44. The number of hydrogen-bond donors (Lipinski definition) is 1. The first-order valence-corrected chi connectivity index (χ1v) is 9.29. The van der Waals surface area contributed by atoms with Crippen molar-refractivity contribution in [2.75, 3.05) is 13.1 Å². The van der Waals surface area contributed by atoms with Crippen LogP contribution in [0.3, 0.4) is 0 Å². The molecule has 0 bridgehead atoms. The van der Waals surface area contributed by atoms with Crippen LogP contribution in [0.5, 0.6) is 0 Å². The Kier molecular flexibility index (Phi) is 4.57. The number of nitrogens with one attached hydrogen (secondary N) is 1. The number of rotatable bonds is 5. The van der Waals surface area contributed by atoms with Gasteiger partial charge in [-0.2, -0.15) is 5.10 Å². The van der Waals surface area contributed by atoms with E-state index in [0.717, 1.165) is 44.3 Å². The highest BCUT2D eigenvalue weighted by molar-refractivity contribution is 5.83. The Labute approximate surface area is 149 Å². The Morgan fingerprint density at radius 1 is 1.12 bits per heavy atom. The molecule has 0 radical (unpaired) electrons. The molecule has 1 aromatic heterocycles. The van der Waals surface area contributed by atoms with Crippen LogP contribution in [0.2, 0.25) is 0 Å². The zero-order chi connectivity index (χ0) is 17.2. The van der Waals surface area contributed by atoms with Crippen molar-refractivity contribution in [1.82, 2.24) is 20.0 Å². The number of hydrogen-bond acceptors (Lipinski definition) is 3. The summed E-state index contributed by atoms with van der Waals surface area (Å²) in [5.74, 6) is 0.694. The number of likely N-dealkylation sites (tertiary alicyclic amines) is 1. The quantitative estimate of drug-likeness (QED) is 0.912. The Bertz CT molecular complexity index is 714. The number of carbonyl (C=O) groups is 1. The molecule has 1 saturated heterocycles. The highest BCUT2D eigenvalue weighted by Gasteiger charge is 2.34. The Morgan fingerprint density at radius 3 is 2.44 bits per heavy atom. The summed E-state index contributed by atoms with van der Waals surface area (Å²) in [5, 5.41) is 7.50. The number of nitrogens with zero attached hydrogens (tertiary/aromatic N) is 3. The second kappa shape index (κ2) is 7.00. The summed E-state index contributed by atoms with van der Waals surface area (Å²) in [4.78, 5) is 15.2. The molecule has 0 spiro atoms. The summed E-state index contributed by atoms with van der Waals surface area (Å²) in [7, 11) is 2.01. The van der Waals surface area contributed by atoms with E-state index in [-0.39, 0.29) is 11.9 Å². The maximum atomic E-state index is 12.9. The van der Waals surface area contributed by atoms with Crippen LogP contribution in [0.4, 0.5) is 0 Å². The third-order valence-corrected chi connectivity index (χ3v) is 5.46. The molecule has 5 heteroatoms. The third-order valence-electron chi connectivity index (χ3n) is 5.46. The van der Waals surface area contributed by atoms with Gasteiger partial charge in [0.15, 0.2) is 0 Å². The van der Waals surface area contributed by atoms with E-state index in [9.17, 15) is 4.79 Å². The first kappa shape index (κ1) is 16.3. The minimum Gasteiger partial charge on any atom is -0.352 e. The molecule has 5 nitrogen and oxygen atoms in total. The molecular weight excluding hydrogens is 312 g/mol. The molecule has 1 amide bonds. The summed E-state index contributed by atoms with van der Waals surface area (Å²) in [6.45, 7) is 1.88. The van der Waals surface area contributed by atoms with Crippen molar-refractivity contribution in [2.24, 2.45) is 7.05 Å². The van der Waals surface area contributed by atoms with E-state index in [1.807, 2.05) is 36.1 Å². The van der Waals surface area contributed by atoms with E-state index in [0.29, 0.717) is 12.0 Å². The maximum absolute atomic E-state index is 12.9. The summed E-state index contributed by atoms with van der Waals surface area (Å²) in [6.07, 6.45) is 6.25. The Balaban J connectivity index is 1.48. The molecule has 2 aromatic rings. The largest absolute Gasteiger partial charge is 0.352 e. The fourth-order valence-corrected chi connectivity index (χ4v) is 3.91. The molecule has 2 fully saturated rings. The van der Waals surface area contributed by atoms with Crippen LogP contribution in [0, 0.1) is 0 Å². The van der Waals surface area contributed by atoms with Gasteiger partial charge in [0.25, 0.3) is 0 Å². The summed E-state index contributed by atoms with van der Waals surface area (Å²) in [5.41, 5.74) is 2.40. The van der Waals surface area contributed by atoms with Crippen LogP contribution in [-0.4, -0.2) is 39.7 Å². The number of benzene rings is 1. The van der Waals surface area contributed by atoms with Gasteiger partial charge in [-0.15, -0.1) is 0 Å². The normalized spacial score (nSPS) is 20.4. The maximum Gasteiger partial charge on any atom is 0.242 e. The number of amides is 1. The number of piperidine rings is 1. The molecule has 2 aliphatic rings. The van der Waals surface area contributed by atoms with Gasteiger partial charge in [0.05, 0.1) is 0 Å². The standard InChI is InChI=1S/C20H26N4O/c1-23-18(9-12-21-23)15-10-13-24(14-11-15)19(16-5-3-2-4-6-16)20(25)22-17-7-8-17/h2-6,9,12,15,17,19H,7-8,10-11,13-14H2,1H3,(H,22,25). The van der Waals surface area contributed by atoms with Crippen molar-refractivity contribution in [1.29, 1.82) is 0 Å². The molecule has 1 aliphatic heterocycles. The van der Waals surface area contributed by atoms with Gasteiger partial charge in [0.1, 0.15) is 6.04 Å². The Morgan fingerprint density at radius 2 is 1.84 bits per heavy atom. The highest BCUT2D eigenvalue weighted by atomic mass is 16.2. The summed E-state index contributed by atoms with van der Waals surface area (Å²) in [6, 6.07) is 12.5. The minimum absolute atomic E-state index is 0.160. The van der Waals surface area contributed by atoms with Gasteiger partial charge >= 0.3 is 0 Å². The van der Waals surface area contributed by atoms with E-state index < -0.39 is 0 Å². The van der Waals surface area contributed by atoms with E-state index >= 15 is 0 Å². The van der Waals surface area contributed by atoms with Gasteiger partial charge in [-0.05, 0) is 50.4 Å². The van der Waals surface area contributed by atoms with Crippen molar-refractivity contribution < 1.29 is 4.79 Å². The molecule has 1 aliphatic carbocycles. The minimum atomic E-state index is -0.172. The number of carbonyl (C=O) groups excluding carboxylic acids is 1. The average Bonchev–Trinajstić information content (AvgIpc) is 3.34. The van der Waals surface area contributed by atoms with Gasteiger partial charge in [-0.1, -0.05) is 30.3 Å². The van der Waals surface area contributed by atoms with Crippen molar-refractivity contribution in [2.45, 2.75) is 43.7 Å². The molecule has 1 atom stereocenters. The highest BCUT2D eigenvalue weighted by Crippen LogP contribution is 2.32. The first-order valence-electron chi connectivity index (χ1n) is 9.29. The van der Waals surface area contributed by atoms with Crippen LogP contribution in [0.1, 0.15) is 48.9 Å². The lowest BCUT2D eigenvalue weighted by Gasteiger charge is -2.37. The molecule has 1 N–H and O–H groups in total. The predicted octanol–water partition coefficient (Wildman–Crippen LogP) is 2.62. The lowest BCUT2D eigenvalue weighted by molar-refractivity contribution is -0.127. The number of aromatic nitrogens is 2. The molecule has 132 valence electrons. The van der Waals surface area contributed by atoms with Crippen LogP contribution < -0.4 is 5.32 Å². The molecule has 25 heavy (non-hydrogen) atoms. The van der Waals surface area contributed by atoms with E-state index in [1.54, 1.807) is 0 Å². The molecule has 1 aromatic carbocycles. The van der Waals surface area contributed by atoms with Crippen molar-refractivity contribution in [3.05, 3.63) is 53.9 Å². The molecular formula is C20H26N4O. The third kappa shape index (κ3) is 3.61. The van der Waals surface area contributed by atoms with Crippen molar-refractivity contribution in [3.63, 3.8) is 0 Å². The van der Waals surface area contributed by atoms with Gasteiger partial charge in [-0.25, -0.2) is 0 Å². The van der Waals surface area contributed by atoms with Crippen molar-refractivity contribution >= 4 is 5.91 Å². The topological polar surface area (TPSA) is 50.2 Å². The van der Waals surface area contributed by atoms with E-state index in [2.05, 4.69) is 33.5 Å². The van der Waals surface area contributed by atoms with Crippen LogP contribution >= 0.6 is 0 Å². The first-order chi connectivity index (χ1) is 12.2. The van der Waals surface area contributed by atoms with Crippen LogP contribution in [0.15, 0.2) is 42.6 Å². The molecule has 1 unspecified atom stereocenters. The second-order valence-corrected chi connectivity index (χ2v) is 7.29. The van der Waals surface area contributed by atoms with Gasteiger partial charge in [0.2, 0.25) is 5.91 Å². The molecule has 2 heterocycles. The average molecular weight is 338 g/mol. The van der Waals surface area contributed by atoms with E-state index in [4.69, 9.17) is 0 Å². The fourth-order valence-electron chi connectivity index (χ4n) is 3.91. The monoisotopic (exact) mass is 338 g/mol. The molecule has 1 saturated carbocycles. The zero-order valence-corrected chi connectivity index (χ0v) is 14.8. The van der Waals surface area contributed by atoms with Gasteiger partial charge in [0, 0.05) is 30.9 Å². The van der Waals surface area contributed by atoms with Crippen LogP contribution in [0.25, 0.3) is 0 Å². The van der Waals surface area contributed by atoms with Crippen LogP contribution in [-0.2, 0) is 11.8 Å². The van der Waals surface area contributed by atoms with Gasteiger partial charge in [-0.3, -0.25) is 14.4 Å². The lowest BCUT2D eigenvalue weighted by atomic mass is 9.91. The van der Waals surface area contributed by atoms with E-state index in [1.165, 1.54) is 5.69 Å². The summed E-state index contributed by atoms with van der Waals surface area (Å²) >= 11 is 0. The number of aryl methyl sites for hydroxylation is 1. The fraction of sp³-hybridized carbons (Fsp3) is 0.500. The second-order valence-electron chi connectivity index (χ2n) is 7.29. The van der Waals surface area contributed by atoms with Crippen molar-refractivity contribution in [3.8, 4) is 0 Å². The summed E-state index contributed by atoms with van der Waals surface area (Å²) < 4.78 is 1.98. The molecule has 4 rings (SSSR count). The predicted molar refractivity (Wildman–Crippen MR) is 97.1 cm³/mol. The Hall–Kier alpha value is -2.14. The SMILES string of the molecule is Cn1nccc1C1CCN(C(C(=O)NC2CC2)c2ccccc2)CC1. The smallest absolute Gasteiger partial charge is 0.242 e.